The molecule has 1 fully saturated rings. The normalized spacial score (nSPS) is 16.1. The number of anilines is 1. The van der Waals surface area contributed by atoms with Crippen LogP contribution in [0.4, 0.5) is 5.00 Å². The summed E-state index contributed by atoms with van der Waals surface area (Å²) in [5, 5.41) is 4.80. The first-order chi connectivity index (χ1) is 12.9. The van der Waals surface area contributed by atoms with E-state index < -0.39 is 15.9 Å². The van der Waals surface area contributed by atoms with Crippen LogP contribution in [0.2, 0.25) is 0 Å². The summed E-state index contributed by atoms with van der Waals surface area (Å²) in [7, 11) is -3.51. The molecule has 0 unspecified atom stereocenters. The average Bonchev–Trinajstić information content (AvgIpc) is 3.11. The van der Waals surface area contributed by atoms with Crippen molar-refractivity contribution < 1.29 is 18.0 Å². The Labute approximate surface area is 161 Å². The standard InChI is InChI=1S/C17H20N4O4S2/c18-16(23)14-6-11-26-17(14)19-15(22)12-20-7-9-21(10-8-20)27(24,25)13-4-2-1-3-5-13/h1-6,11H,7-10,12H2,(H2,18,23)(H,19,22). The van der Waals surface area contributed by atoms with E-state index in [1.165, 1.54) is 15.6 Å². The summed E-state index contributed by atoms with van der Waals surface area (Å²) >= 11 is 1.23. The molecule has 2 heterocycles. The number of hydrogen-bond acceptors (Lipinski definition) is 6. The van der Waals surface area contributed by atoms with Gasteiger partial charge in [-0.25, -0.2) is 8.42 Å². The third-order valence-corrected chi connectivity index (χ3v) is 7.01. The van der Waals surface area contributed by atoms with E-state index >= 15 is 0 Å². The Kier molecular flexibility index (Phi) is 5.90. The largest absolute Gasteiger partial charge is 0.366 e. The van der Waals surface area contributed by atoms with Crippen LogP contribution in [0, 0.1) is 0 Å². The molecule has 2 amide bonds. The van der Waals surface area contributed by atoms with Gasteiger partial charge in [0.05, 0.1) is 17.0 Å². The summed E-state index contributed by atoms with van der Waals surface area (Å²) in [6.45, 7) is 1.65. The van der Waals surface area contributed by atoms with Gasteiger partial charge < -0.3 is 11.1 Å². The first kappa shape index (κ1) is 19.5. The number of primary amides is 1. The van der Waals surface area contributed by atoms with Gasteiger partial charge in [0.2, 0.25) is 15.9 Å². The van der Waals surface area contributed by atoms with E-state index in [-0.39, 0.29) is 22.9 Å². The molecule has 3 rings (SSSR count). The molecule has 1 aliphatic rings. The second-order valence-corrected chi connectivity index (χ2v) is 8.92. The van der Waals surface area contributed by atoms with Gasteiger partial charge in [-0.2, -0.15) is 4.31 Å². The number of amides is 2. The maximum absolute atomic E-state index is 12.6. The van der Waals surface area contributed by atoms with Gasteiger partial charge in [-0.3, -0.25) is 14.5 Å². The van der Waals surface area contributed by atoms with Crippen molar-refractivity contribution >= 4 is 38.2 Å². The minimum Gasteiger partial charge on any atom is -0.366 e. The van der Waals surface area contributed by atoms with Crippen molar-refractivity contribution in [1.82, 2.24) is 9.21 Å². The van der Waals surface area contributed by atoms with Crippen molar-refractivity contribution in [1.29, 1.82) is 0 Å². The number of thiophene rings is 1. The molecule has 1 aromatic heterocycles. The summed E-state index contributed by atoms with van der Waals surface area (Å²) in [5.41, 5.74) is 5.55. The molecule has 0 saturated carbocycles. The van der Waals surface area contributed by atoms with Gasteiger partial charge in [0.25, 0.3) is 5.91 Å². The maximum Gasteiger partial charge on any atom is 0.251 e. The van der Waals surface area contributed by atoms with Gasteiger partial charge in [-0.1, -0.05) is 18.2 Å². The van der Waals surface area contributed by atoms with Gasteiger partial charge >= 0.3 is 0 Å². The number of nitrogens with zero attached hydrogens (tertiary/aromatic N) is 2. The molecule has 144 valence electrons. The number of carbonyl (C=O) groups excluding carboxylic acids is 2. The SMILES string of the molecule is NC(=O)c1ccsc1NC(=O)CN1CCN(S(=O)(=O)c2ccccc2)CC1. The van der Waals surface area contributed by atoms with Crippen LogP contribution in [0.15, 0.2) is 46.7 Å². The average molecular weight is 409 g/mol. The van der Waals surface area contributed by atoms with Gasteiger partial charge in [0, 0.05) is 26.2 Å². The molecular formula is C17H20N4O4S2. The number of benzene rings is 1. The van der Waals surface area contributed by atoms with Gasteiger partial charge in [-0.15, -0.1) is 11.3 Å². The molecule has 0 aliphatic carbocycles. The van der Waals surface area contributed by atoms with E-state index in [9.17, 15) is 18.0 Å². The van der Waals surface area contributed by atoms with Crippen molar-refractivity contribution in [3.05, 3.63) is 47.3 Å². The van der Waals surface area contributed by atoms with Gasteiger partial charge in [-0.05, 0) is 23.6 Å². The molecule has 0 spiro atoms. The first-order valence-electron chi connectivity index (χ1n) is 8.32. The van der Waals surface area contributed by atoms with Crippen molar-refractivity contribution in [2.75, 3.05) is 38.0 Å². The van der Waals surface area contributed by atoms with E-state index in [0.717, 1.165) is 0 Å². The maximum atomic E-state index is 12.6. The van der Waals surface area contributed by atoms with E-state index in [4.69, 9.17) is 5.73 Å². The molecule has 1 aromatic carbocycles. The van der Waals surface area contributed by atoms with Crippen molar-refractivity contribution in [3.8, 4) is 0 Å². The Balaban J connectivity index is 1.54. The van der Waals surface area contributed by atoms with E-state index in [2.05, 4.69) is 5.32 Å². The molecular weight excluding hydrogens is 388 g/mol. The predicted molar refractivity (Wildman–Crippen MR) is 103 cm³/mol. The lowest BCUT2D eigenvalue weighted by molar-refractivity contribution is -0.117. The molecule has 2 aromatic rings. The third-order valence-electron chi connectivity index (χ3n) is 4.26. The van der Waals surface area contributed by atoms with Crippen molar-refractivity contribution in [2.24, 2.45) is 5.73 Å². The third kappa shape index (κ3) is 4.53. The van der Waals surface area contributed by atoms with Crippen LogP contribution in [0.5, 0.6) is 0 Å². The highest BCUT2D eigenvalue weighted by Gasteiger charge is 2.29. The lowest BCUT2D eigenvalue weighted by atomic mass is 10.3. The highest BCUT2D eigenvalue weighted by Crippen LogP contribution is 2.22. The zero-order valence-electron chi connectivity index (χ0n) is 14.5. The van der Waals surface area contributed by atoms with E-state index in [0.29, 0.717) is 31.2 Å². The van der Waals surface area contributed by atoms with Gasteiger partial charge in [0.1, 0.15) is 5.00 Å². The molecule has 10 heteroatoms. The van der Waals surface area contributed by atoms with Gasteiger partial charge in [0.15, 0.2) is 0 Å². The highest BCUT2D eigenvalue weighted by atomic mass is 32.2. The fourth-order valence-corrected chi connectivity index (χ4v) is 5.09. The molecule has 0 atom stereocenters. The number of carbonyl (C=O) groups is 2. The molecule has 3 N–H and O–H groups in total. The number of hydrogen-bond donors (Lipinski definition) is 2. The molecule has 0 radical (unpaired) electrons. The molecule has 1 aliphatic heterocycles. The Morgan fingerprint density at radius 3 is 2.37 bits per heavy atom. The second-order valence-electron chi connectivity index (χ2n) is 6.07. The zero-order chi connectivity index (χ0) is 19.4. The zero-order valence-corrected chi connectivity index (χ0v) is 16.1. The summed E-state index contributed by atoms with van der Waals surface area (Å²) in [6, 6.07) is 9.87. The van der Waals surface area contributed by atoms with Crippen LogP contribution >= 0.6 is 11.3 Å². The number of piperazine rings is 1. The predicted octanol–water partition coefficient (Wildman–Crippen LogP) is 0.792. The number of sulfonamides is 1. The van der Waals surface area contributed by atoms with Crippen LogP contribution < -0.4 is 11.1 Å². The number of nitrogens with one attached hydrogen (secondary N) is 1. The quantitative estimate of drug-likeness (QED) is 0.734. The summed E-state index contributed by atoms with van der Waals surface area (Å²) in [4.78, 5) is 25.7. The van der Waals surface area contributed by atoms with E-state index in [1.807, 2.05) is 4.90 Å². The lowest BCUT2D eigenvalue weighted by Crippen LogP contribution is -2.50. The molecule has 0 bridgehead atoms. The summed E-state index contributed by atoms with van der Waals surface area (Å²) < 4.78 is 26.7. The fraction of sp³-hybridized carbons (Fsp3) is 0.294. The van der Waals surface area contributed by atoms with Crippen molar-refractivity contribution in [2.45, 2.75) is 4.90 Å². The first-order valence-corrected chi connectivity index (χ1v) is 10.6. The Morgan fingerprint density at radius 1 is 1.07 bits per heavy atom. The number of rotatable bonds is 6. The minimum atomic E-state index is -3.51. The Bertz CT molecular complexity index is 919. The topological polar surface area (TPSA) is 113 Å². The fourth-order valence-electron chi connectivity index (χ4n) is 2.84. The van der Waals surface area contributed by atoms with Crippen LogP contribution in [-0.2, 0) is 14.8 Å². The van der Waals surface area contributed by atoms with Crippen LogP contribution in [0.25, 0.3) is 0 Å². The number of nitrogens with two attached hydrogens (primary N) is 1. The minimum absolute atomic E-state index is 0.120. The monoisotopic (exact) mass is 408 g/mol. The Hall–Kier alpha value is -2.27. The molecule has 1 saturated heterocycles. The van der Waals surface area contributed by atoms with E-state index in [1.54, 1.807) is 41.8 Å². The van der Waals surface area contributed by atoms with Crippen LogP contribution in [-0.4, -0.2) is 62.2 Å². The summed E-state index contributed by atoms with van der Waals surface area (Å²) in [6.07, 6.45) is 0. The molecule has 27 heavy (non-hydrogen) atoms. The Morgan fingerprint density at radius 2 is 1.74 bits per heavy atom. The summed E-state index contributed by atoms with van der Waals surface area (Å²) in [5.74, 6) is -0.856. The smallest absolute Gasteiger partial charge is 0.251 e. The van der Waals surface area contributed by atoms with Crippen LogP contribution in [0.1, 0.15) is 10.4 Å². The lowest BCUT2D eigenvalue weighted by Gasteiger charge is -2.33. The second kappa shape index (κ2) is 8.17. The van der Waals surface area contributed by atoms with Crippen molar-refractivity contribution in [3.63, 3.8) is 0 Å². The highest BCUT2D eigenvalue weighted by molar-refractivity contribution is 7.89. The van der Waals surface area contributed by atoms with Crippen LogP contribution in [0.3, 0.4) is 0 Å². The molecule has 8 nitrogen and oxygen atoms in total.